The second kappa shape index (κ2) is 7.06. The molecule has 2 aromatic carbocycles. The molecule has 28 heavy (non-hydrogen) atoms. The minimum Gasteiger partial charge on any atom is -0.334 e. The van der Waals surface area contributed by atoms with E-state index < -0.39 is 0 Å². The Bertz CT molecular complexity index is 1010. The van der Waals surface area contributed by atoms with Crippen molar-refractivity contribution >= 4 is 16.7 Å². The fraction of sp³-hybridized carbons (Fsp3) is 0.391. The first-order chi connectivity index (χ1) is 13.7. The minimum absolute atomic E-state index is 0.0961. The van der Waals surface area contributed by atoms with Crippen molar-refractivity contribution in [3.8, 4) is 11.3 Å². The van der Waals surface area contributed by atoms with E-state index in [0.29, 0.717) is 17.7 Å². The number of likely N-dealkylation sites (tertiary alicyclic amines) is 2. The molecule has 0 aliphatic carbocycles. The Morgan fingerprint density at radius 1 is 1.07 bits per heavy atom. The van der Waals surface area contributed by atoms with Crippen LogP contribution in [0, 0.1) is 5.92 Å². The molecule has 5 heteroatoms. The van der Waals surface area contributed by atoms with Gasteiger partial charge in [0.05, 0.1) is 5.69 Å². The SMILES string of the molecule is CN1CCC2C(CCCN2C(=O)c2cc(-c3ccc4ccccc4c3)n[nH]2)C1. The molecule has 144 valence electrons. The van der Waals surface area contributed by atoms with Gasteiger partial charge in [-0.15, -0.1) is 0 Å². The maximum atomic E-state index is 13.2. The largest absolute Gasteiger partial charge is 0.334 e. The van der Waals surface area contributed by atoms with Crippen LogP contribution in [0.4, 0.5) is 0 Å². The fourth-order valence-electron chi connectivity index (χ4n) is 4.92. The normalized spacial score (nSPS) is 23.0. The van der Waals surface area contributed by atoms with Crippen LogP contribution in [0.5, 0.6) is 0 Å². The highest BCUT2D eigenvalue weighted by Crippen LogP contribution is 2.31. The molecule has 2 fully saturated rings. The second-order valence-electron chi connectivity index (χ2n) is 8.25. The van der Waals surface area contributed by atoms with Crippen LogP contribution < -0.4 is 0 Å². The van der Waals surface area contributed by atoms with Gasteiger partial charge in [0.15, 0.2) is 0 Å². The summed E-state index contributed by atoms with van der Waals surface area (Å²) in [6.07, 6.45) is 3.38. The number of piperidine rings is 2. The molecule has 0 saturated carbocycles. The standard InChI is InChI=1S/C23H26N4O/c1-26-12-10-22-19(15-26)7-4-11-27(22)23(28)21-14-20(24-25-21)18-9-8-16-5-2-3-6-17(16)13-18/h2-3,5-6,8-9,13-14,19,22H,4,7,10-12,15H2,1H3,(H,24,25). The van der Waals surface area contributed by atoms with Gasteiger partial charge in [0.2, 0.25) is 0 Å². The third-order valence-corrected chi connectivity index (χ3v) is 6.39. The van der Waals surface area contributed by atoms with Crippen molar-refractivity contribution in [3.05, 3.63) is 54.2 Å². The van der Waals surface area contributed by atoms with E-state index in [1.165, 1.54) is 17.2 Å². The summed E-state index contributed by atoms with van der Waals surface area (Å²) < 4.78 is 0. The molecule has 2 saturated heterocycles. The lowest BCUT2D eigenvalue weighted by Gasteiger charge is -2.46. The van der Waals surface area contributed by atoms with E-state index in [1.54, 1.807) is 0 Å². The highest BCUT2D eigenvalue weighted by Gasteiger charge is 2.37. The van der Waals surface area contributed by atoms with Gasteiger partial charge in [-0.2, -0.15) is 5.10 Å². The zero-order chi connectivity index (χ0) is 19.1. The topological polar surface area (TPSA) is 52.2 Å². The number of hydrogen-bond donors (Lipinski definition) is 1. The smallest absolute Gasteiger partial charge is 0.272 e. The number of benzene rings is 2. The van der Waals surface area contributed by atoms with E-state index in [0.717, 1.165) is 43.7 Å². The molecule has 2 unspecified atom stereocenters. The summed E-state index contributed by atoms with van der Waals surface area (Å²) >= 11 is 0. The van der Waals surface area contributed by atoms with Gasteiger partial charge in [-0.25, -0.2) is 0 Å². The van der Waals surface area contributed by atoms with Crippen LogP contribution in [0.15, 0.2) is 48.5 Å². The van der Waals surface area contributed by atoms with Gasteiger partial charge >= 0.3 is 0 Å². The molecule has 0 bridgehead atoms. The van der Waals surface area contributed by atoms with E-state index in [-0.39, 0.29) is 5.91 Å². The molecule has 0 radical (unpaired) electrons. The van der Waals surface area contributed by atoms with Crippen molar-refractivity contribution in [2.45, 2.75) is 25.3 Å². The molecule has 1 N–H and O–H groups in total. The first-order valence-electron chi connectivity index (χ1n) is 10.2. The highest BCUT2D eigenvalue weighted by molar-refractivity contribution is 5.94. The molecule has 2 atom stereocenters. The van der Waals surface area contributed by atoms with Crippen molar-refractivity contribution in [1.82, 2.24) is 20.0 Å². The predicted octanol–water partition coefficient (Wildman–Crippen LogP) is 3.79. The summed E-state index contributed by atoms with van der Waals surface area (Å²) in [5.41, 5.74) is 2.46. The number of aromatic nitrogens is 2. The van der Waals surface area contributed by atoms with Gasteiger partial charge in [-0.1, -0.05) is 36.4 Å². The maximum absolute atomic E-state index is 13.2. The number of amides is 1. The Morgan fingerprint density at radius 2 is 1.93 bits per heavy atom. The Balaban J connectivity index is 1.39. The number of nitrogens with zero attached hydrogens (tertiary/aromatic N) is 3. The molecule has 2 aliphatic heterocycles. The number of carbonyl (C=O) groups is 1. The van der Waals surface area contributed by atoms with E-state index in [2.05, 4.69) is 57.4 Å². The van der Waals surface area contributed by atoms with Crippen molar-refractivity contribution in [2.24, 2.45) is 5.92 Å². The number of H-pyrrole nitrogens is 1. The van der Waals surface area contributed by atoms with Crippen molar-refractivity contribution < 1.29 is 4.79 Å². The lowest BCUT2D eigenvalue weighted by atomic mass is 9.84. The summed E-state index contributed by atoms with van der Waals surface area (Å²) in [5, 5.41) is 9.84. The fourth-order valence-corrected chi connectivity index (χ4v) is 4.92. The lowest BCUT2D eigenvalue weighted by molar-refractivity contribution is 0.0249. The summed E-state index contributed by atoms with van der Waals surface area (Å²) in [7, 11) is 2.18. The number of hydrogen-bond acceptors (Lipinski definition) is 3. The molecule has 2 aliphatic rings. The highest BCUT2D eigenvalue weighted by atomic mass is 16.2. The van der Waals surface area contributed by atoms with Crippen molar-refractivity contribution in [2.75, 3.05) is 26.7 Å². The predicted molar refractivity (Wildman–Crippen MR) is 111 cm³/mol. The van der Waals surface area contributed by atoms with Gasteiger partial charge in [0.25, 0.3) is 5.91 Å². The molecule has 5 rings (SSSR count). The van der Waals surface area contributed by atoms with Gasteiger partial charge < -0.3 is 9.80 Å². The van der Waals surface area contributed by atoms with Crippen LogP contribution in [0.25, 0.3) is 22.0 Å². The van der Waals surface area contributed by atoms with E-state index >= 15 is 0 Å². The van der Waals surface area contributed by atoms with Crippen LogP contribution >= 0.6 is 0 Å². The van der Waals surface area contributed by atoms with Crippen molar-refractivity contribution in [1.29, 1.82) is 0 Å². The first-order valence-corrected chi connectivity index (χ1v) is 10.2. The van der Waals surface area contributed by atoms with Gasteiger partial charge in [0, 0.05) is 24.7 Å². The monoisotopic (exact) mass is 374 g/mol. The Hall–Kier alpha value is -2.66. The van der Waals surface area contributed by atoms with Gasteiger partial charge in [-0.05, 0) is 61.7 Å². The summed E-state index contributed by atoms with van der Waals surface area (Å²) in [6.45, 7) is 3.02. The summed E-state index contributed by atoms with van der Waals surface area (Å²) in [6, 6.07) is 16.9. The van der Waals surface area contributed by atoms with Crippen molar-refractivity contribution in [3.63, 3.8) is 0 Å². The average molecular weight is 374 g/mol. The van der Waals surface area contributed by atoms with E-state index in [4.69, 9.17) is 0 Å². The molecule has 3 aromatic rings. The number of fused-ring (bicyclic) bond motifs is 2. The Labute approximate surface area is 165 Å². The third kappa shape index (κ3) is 3.10. The molecule has 0 spiro atoms. The lowest BCUT2D eigenvalue weighted by Crippen LogP contribution is -2.55. The minimum atomic E-state index is 0.0961. The molecular weight excluding hydrogens is 348 g/mol. The van der Waals surface area contributed by atoms with Crippen LogP contribution in [0.3, 0.4) is 0 Å². The van der Waals surface area contributed by atoms with Gasteiger partial charge in [0.1, 0.15) is 5.69 Å². The summed E-state index contributed by atoms with van der Waals surface area (Å²) in [4.78, 5) is 17.7. The zero-order valence-electron chi connectivity index (χ0n) is 16.3. The second-order valence-corrected chi connectivity index (χ2v) is 8.25. The molecule has 1 amide bonds. The number of nitrogens with one attached hydrogen (secondary N) is 1. The average Bonchev–Trinajstić information content (AvgIpc) is 3.22. The van der Waals surface area contributed by atoms with Crippen LogP contribution in [0.1, 0.15) is 29.8 Å². The van der Waals surface area contributed by atoms with E-state index in [9.17, 15) is 4.79 Å². The molecule has 5 nitrogen and oxygen atoms in total. The van der Waals surface area contributed by atoms with Crippen LogP contribution in [-0.2, 0) is 0 Å². The van der Waals surface area contributed by atoms with Crippen LogP contribution in [0.2, 0.25) is 0 Å². The maximum Gasteiger partial charge on any atom is 0.272 e. The quantitative estimate of drug-likeness (QED) is 0.743. The number of rotatable bonds is 2. The molecular formula is C23H26N4O. The summed E-state index contributed by atoms with van der Waals surface area (Å²) in [5.74, 6) is 0.693. The Morgan fingerprint density at radius 3 is 2.82 bits per heavy atom. The first kappa shape index (κ1) is 17.4. The van der Waals surface area contributed by atoms with E-state index in [1.807, 2.05) is 18.2 Å². The number of carbonyl (C=O) groups excluding carboxylic acids is 1. The van der Waals surface area contributed by atoms with Crippen LogP contribution in [-0.4, -0.2) is 58.6 Å². The van der Waals surface area contributed by atoms with Gasteiger partial charge in [-0.3, -0.25) is 9.89 Å². The molecule has 3 heterocycles. The molecule has 1 aromatic heterocycles. The third-order valence-electron chi connectivity index (χ3n) is 6.39. The Kier molecular flexibility index (Phi) is 4.40. The number of aromatic amines is 1. The zero-order valence-corrected chi connectivity index (χ0v) is 16.3.